The zero-order chi connectivity index (χ0) is 10.9. The number of halogens is 6. The van der Waals surface area contributed by atoms with Crippen LogP contribution in [-0.4, -0.2) is 9.91 Å². The van der Waals surface area contributed by atoms with Crippen molar-refractivity contribution in [3.05, 3.63) is 26.3 Å². The number of aromatic nitrogens is 1. The predicted octanol–water partition coefficient (Wildman–Crippen LogP) is -0.219. The van der Waals surface area contributed by atoms with Crippen LogP contribution in [0.15, 0.2) is 6.07 Å². The molecule has 0 aromatic carbocycles. The molecule has 0 N–H and O–H groups in total. The summed E-state index contributed by atoms with van der Waals surface area (Å²) in [5.74, 6) is -1.36. The summed E-state index contributed by atoms with van der Waals surface area (Å²) in [4.78, 5) is 4.77. The van der Waals surface area contributed by atoms with Gasteiger partial charge in [0, 0.05) is 0 Å². The second-order valence-corrected chi connectivity index (χ2v) is 4.88. The van der Waals surface area contributed by atoms with Gasteiger partial charge in [-0.25, -0.2) is 0 Å². The normalized spacial score (nSPS) is 12.1. The van der Waals surface area contributed by atoms with Gasteiger partial charge in [-0.2, -0.15) is 0 Å². The van der Waals surface area contributed by atoms with E-state index in [0.29, 0.717) is 3.57 Å². The molecule has 0 atom stereocenters. The summed E-state index contributed by atoms with van der Waals surface area (Å²) < 4.78 is 49.6. The minimum absolute atomic E-state index is 0.256. The summed E-state index contributed by atoms with van der Waals surface area (Å²) >= 11 is 4.88. The Hall–Kier alpha value is -0.110. The van der Waals surface area contributed by atoms with Gasteiger partial charge in [0.05, 0.1) is 0 Å². The third-order valence-electron chi connectivity index (χ3n) is 1.36. The average molecular weight is 340 g/mol. The maximum absolute atomic E-state index is 12.9. The van der Waals surface area contributed by atoms with Gasteiger partial charge in [0.2, 0.25) is 0 Å². The molecule has 80 valence electrons. The summed E-state index contributed by atoms with van der Waals surface area (Å²) in [6.07, 6.45) is -4.79. The van der Waals surface area contributed by atoms with Gasteiger partial charge >= 0.3 is 92.8 Å². The van der Waals surface area contributed by atoms with Crippen LogP contribution in [-0.2, 0) is 6.18 Å². The summed E-state index contributed by atoms with van der Waals surface area (Å²) in [6, 6.07) is 0.811. The maximum atomic E-state index is 12.9. The molecule has 1 aromatic rings. The van der Waals surface area contributed by atoms with E-state index in [4.69, 9.17) is 11.6 Å². The van der Waals surface area contributed by atoms with E-state index in [1.54, 1.807) is 4.93 Å². The number of nitrogens with zero attached hydrogens (tertiary/aromatic N) is 1. The summed E-state index contributed by atoms with van der Waals surface area (Å²) in [6.45, 7) is 0. The fourth-order valence-corrected chi connectivity index (χ4v) is 2.54. The Kier molecular flexibility index (Phi) is 3.57. The van der Waals surface area contributed by atoms with Crippen molar-refractivity contribution in [1.29, 1.82) is 0 Å². The summed E-state index contributed by atoms with van der Waals surface area (Å²) in [5.41, 5.74) is -1.55. The molecule has 0 radical (unpaired) electrons. The van der Waals surface area contributed by atoms with Crippen LogP contribution in [0.2, 0.25) is 5.15 Å². The molecular formula is C7H4ClF4IN-. The molecule has 0 saturated carbocycles. The van der Waals surface area contributed by atoms with Crippen molar-refractivity contribution >= 4 is 11.6 Å². The van der Waals surface area contributed by atoms with E-state index in [2.05, 4.69) is 4.98 Å². The van der Waals surface area contributed by atoms with Crippen LogP contribution in [0, 0.1) is 9.39 Å². The number of rotatable bonds is 1. The van der Waals surface area contributed by atoms with Crippen molar-refractivity contribution in [2.24, 2.45) is 0 Å². The second kappa shape index (κ2) is 4.18. The van der Waals surface area contributed by atoms with E-state index in [1.807, 2.05) is 0 Å². The standard InChI is InChI=1S/C7H4ClF4IN/c1-13-4-2-3(9)5(7(10,11)12)14-6(4)8/h2H,1H3/q-1. The van der Waals surface area contributed by atoms with Gasteiger partial charge in [0.25, 0.3) is 0 Å². The monoisotopic (exact) mass is 340 g/mol. The van der Waals surface area contributed by atoms with Gasteiger partial charge in [0.1, 0.15) is 0 Å². The van der Waals surface area contributed by atoms with Crippen LogP contribution in [0.4, 0.5) is 17.6 Å². The quantitative estimate of drug-likeness (QED) is 0.298. The van der Waals surface area contributed by atoms with Crippen LogP contribution in [0.1, 0.15) is 5.69 Å². The van der Waals surface area contributed by atoms with E-state index in [1.165, 1.54) is 0 Å². The minimum atomic E-state index is -4.79. The number of hydrogen-bond donors (Lipinski definition) is 0. The van der Waals surface area contributed by atoms with E-state index < -0.39 is 38.9 Å². The van der Waals surface area contributed by atoms with Crippen LogP contribution >= 0.6 is 11.6 Å². The van der Waals surface area contributed by atoms with Crippen molar-refractivity contribution in [1.82, 2.24) is 4.98 Å². The average Bonchev–Trinajstić information content (AvgIpc) is 2.06. The number of pyridine rings is 1. The number of hydrogen-bond acceptors (Lipinski definition) is 1. The third kappa shape index (κ3) is 2.47. The SMILES string of the molecule is C[I-]c1cc(F)c(C(F)(F)F)nc1Cl. The third-order valence-corrected chi connectivity index (χ3v) is 3.95. The molecule has 14 heavy (non-hydrogen) atoms. The zero-order valence-electron chi connectivity index (χ0n) is 6.79. The molecule has 0 amide bonds. The molecule has 1 rings (SSSR count). The zero-order valence-corrected chi connectivity index (χ0v) is 9.71. The van der Waals surface area contributed by atoms with E-state index in [9.17, 15) is 17.6 Å². The fraction of sp³-hybridized carbons (Fsp3) is 0.286. The molecular weight excluding hydrogens is 336 g/mol. The van der Waals surface area contributed by atoms with Gasteiger partial charge in [-0.3, -0.25) is 0 Å². The Morgan fingerprint density at radius 2 is 2.00 bits per heavy atom. The first-order valence-corrected chi connectivity index (χ1v) is 6.90. The molecule has 0 bridgehead atoms. The topological polar surface area (TPSA) is 12.9 Å². The first-order valence-electron chi connectivity index (χ1n) is 3.29. The molecule has 0 spiro atoms. The Bertz CT molecular complexity index is 352. The van der Waals surface area contributed by atoms with Gasteiger partial charge in [-0.15, -0.1) is 0 Å². The number of alkyl halides is 4. The van der Waals surface area contributed by atoms with Crippen LogP contribution in [0.5, 0.6) is 0 Å². The van der Waals surface area contributed by atoms with Crippen molar-refractivity contribution in [2.75, 3.05) is 4.93 Å². The first-order chi connectivity index (χ1) is 6.36. The molecule has 0 saturated heterocycles. The van der Waals surface area contributed by atoms with Crippen molar-refractivity contribution in [3.63, 3.8) is 0 Å². The molecule has 1 heterocycles. The molecule has 0 unspecified atom stereocenters. The molecule has 0 aliphatic rings. The predicted molar refractivity (Wildman–Crippen MR) is 38.8 cm³/mol. The van der Waals surface area contributed by atoms with Crippen molar-refractivity contribution in [2.45, 2.75) is 6.18 Å². The molecule has 0 fully saturated rings. The Morgan fingerprint density at radius 1 is 1.43 bits per heavy atom. The Labute approximate surface area is 92.7 Å². The Morgan fingerprint density at radius 3 is 2.43 bits per heavy atom. The Balaban J connectivity index is 3.29. The summed E-state index contributed by atoms with van der Waals surface area (Å²) in [7, 11) is 0. The molecule has 1 nitrogen and oxygen atoms in total. The van der Waals surface area contributed by atoms with Gasteiger partial charge in [-0.05, 0) is 0 Å². The van der Waals surface area contributed by atoms with E-state index in [0.717, 1.165) is 6.07 Å². The molecule has 0 aliphatic carbocycles. The van der Waals surface area contributed by atoms with Gasteiger partial charge in [0.15, 0.2) is 0 Å². The fourth-order valence-electron chi connectivity index (χ4n) is 0.775. The van der Waals surface area contributed by atoms with Crippen molar-refractivity contribution in [3.8, 4) is 0 Å². The van der Waals surface area contributed by atoms with Crippen LogP contribution < -0.4 is 21.2 Å². The molecule has 0 aliphatic heterocycles. The molecule has 1 aromatic heterocycles. The summed E-state index contributed by atoms with van der Waals surface area (Å²) in [5, 5.41) is -0.256. The van der Waals surface area contributed by atoms with Gasteiger partial charge in [-0.1, -0.05) is 0 Å². The van der Waals surface area contributed by atoms with Crippen LogP contribution in [0.25, 0.3) is 0 Å². The first kappa shape index (κ1) is 12.0. The molecule has 7 heteroatoms. The van der Waals surface area contributed by atoms with Crippen LogP contribution in [0.3, 0.4) is 0 Å². The van der Waals surface area contributed by atoms with E-state index in [-0.39, 0.29) is 5.15 Å². The van der Waals surface area contributed by atoms with Gasteiger partial charge < -0.3 is 0 Å². The van der Waals surface area contributed by atoms with Crippen molar-refractivity contribution < 1.29 is 38.8 Å². The van der Waals surface area contributed by atoms with E-state index >= 15 is 0 Å². The second-order valence-electron chi connectivity index (χ2n) is 2.28.